The fourth-order valence-electron chi connectivity index (χ4n) is 5.58. The molecule has 0 amide bonds. The lowest BCUT2D eigenvalue weighted by molar-refractivity contribution is 0.670. The van der Waals surface area contributed by atoms with Crippen molar-refractivity contribution < 1.29 is 4.42 Å². The fraction of sp³-hybridized carbons (Fsp3) is 0. The van der Waals surface area contributed by atoms with Gasteiger partial charge in [0.1, 0.15) is 11.2 Å². The molecule has 0 unspecified atom stereocenters. The highest BCUT2D eigenvalue weighted by molar-refractivity contribution is 6.30. The summed E-state index contributed by atoms with van der Waals surface area (Å²) >= 11 is 0. The maximum Gasteiger partial charge on any atom is 0.143 e. The van der Waals surface area contributed by atoms with Crippen LogP contribution in [0.5, 0.6) is 0 Å². The number of fused-ring (bicyclic) bond motifs is 7. The van der Waals surface area contributed by atoms with Crippen molar-refractivity contribution in [2.24, 2.45) is 0 Å². The van der Waals surface area contributed by atoms with Crippen molar-refractivity contribution in [2.75, 3.05) is 0 Å². The predicted molar refractivity (Wildman–Crippen MR) is 158 cm³/mol. The Kier molecular flexibility index (Phi) is 4.79. The molecule has 4 aromatic carbocycles. The highest BCUT2D eigenvalue weighted by Gasteiger charge is 2.21. The van der Waals surface area contributed by atoms with E-state index in [9.17, 15) is 0 Å². The molecule has 0 radical (unpaired) electrons. The van der Waals surface area contributed by atoms with E-state index >= 15 is 0 Å². The number of rotatable bonds is 3. The predicted octanol–water partition coefficient (Wildman–Crippen LogP) is 9.08. The smallest absolute Gasteiger partial charge is 0.143 e. The molecular formula is C35H21N3O. The number of furan rings is 1. The van der Waals surface area contributed by atoms with E-state index in [0.29, 0.717) is 0 Å². The molecule has 4 heterocycles. The van der Waals surface area contributed by atoms with E-state index in [1.165, 1.54) is 0 Å². The molecule has 0 saturated heterocycles. The van der Waals surface area contributed by atoms with Gasteiger partial charge in [0, 0.05) is 56.0 Å². The summed E-state index contributed by atoms with van der Waals surface area (Å²) in [5, 5.41) is 5.54. The molecule has 0 atom stereocenters. The van der Waals surface area contributed by atoms with E-state index in [0.717, 1.165) is 77.4 Å². The second kappa shape index (κ2) is 8.61. The molecule has 39 heavy (non-hydrogen) atoms. The Bertz CT molecular complexity index is 2150. The van der Waals surface area contributed by atoms with Gasteiger partial charge >= 0.3 is 0 Å². The Morgan fingerprint density at radius 3 is 2.13 bits per heavy atom. The van der Waals surface area contributed by atoms with Gasteiger partial charge in [-0.05, 0) is 36.4 Å². The van der Waals surface area contributed by atoms with Gasteiger partial charge in [-0.2, -0.15) is 0 Å². The Balaban J connectivity index is 1.51. The Morgan fingerprint density at radius 2 is 1.31 bits per heavy atom. The number of hydrogen-bond acceptors (Lipinski definition) is 4. The summed E-state index contributed by atoms with van der Waals surface area (Å²) in [5.74, 6) is 0. The first kappa shape index (κ1) is 21.7. The molecule has 0 spiro atoms. The molecular weight excluding hydrogens is 478 g/mol. The van der Waals surface area contributed by atoms with Gasteiger partial charge in [-0.25, -0.2) is 4.98 Å². The summed E-state index contributed by atoms with van der Waals surface area (Å²) in [6, 6.07) is 39.2. The van der Waals surface area contributed by atoms with Crippen LogP contribution in [0.1, 0.15) is 0 Å². The molecule has 0 aliphatic rings. The van der Waals surface area contributed by atoms with Crippen LogP contribution in [-0.2, 0) is 0 Å². The van der Waals surface area contributed by atoms with Gasteiger partial charge in [0.25, 0.3) is 0 Å². The number of benzene rings is 4. The zero-order valence-electron chi connectivity index (χ0n) is 20.9. The van der Waals surface area contributed by atoms with Gasteiger partial charge in [0.2, 0.25) is 0 Å². The van der Waals surface area contributed by atoms with Crippen LogP contribution in [0.2, 0.25) is 0 Å². The largest absolute Gasteiger partial charge is 0.455 e. The monoisotopic (exact) mass is 499 g/mol. The summed E-state index contributed by atoms with van der Waals surface area (Å²) in [5.41, 5.74) is 8.36. The Labute approximate surface area is 224 Å². The molecule has 8 aromatic rings. The van der Waals surface area contributed by atoms with Crippen molar-refractivity contribution in [3.8, 4) is 33.8 Å². The minimum absolute atomic E-state index is 0.832. The lowest BCUT2D eigenvalue weighted by Crippen LogP contribution is -1.92. The van der Waals surface area contributed by atoms with Crippen molar-refractivity contribution in [3.63, 3.8) is 0 Å². The summed E-state index contributed by atoms with van der Waals surface area (Å²) < 4.78 is 6.59. The van der Waals surface area contributed by atoms with E-state index < -0.39 is 0 Å². The Morgan fingerprint density at radius 1 is 0.538 bits per heavy atom. The van der Waals surface area contributed by atoms with Crippen LogP contribution in [0, 0.1) is 0 Å². The van der Waals surface area contributed by atoms with Crippen molar-refractivity contribution in [1.82, 2.24) is 15.0 Å². The van der Waals surface area contributed by atoms with Gasteiger partial charge in [-0.1, -0.05) is 78.9 Å². The summed E-state index contributed by atoms with van der Waals surface area (Å²) in [6.07, 6.45) is 3.70. The topological polar surface area (TPSA) is 51.8 Å². The van der Waals surface area contributed by atoms with Crippen LogP contribution in [0.15, 0.2) is 132 Å². The maximum absolute atomic E-state index is 6.59. The zero-order chi connectivity index (χ0) is 25.8. The second-order valence-corrected chi connectivity index (χ2v) is 9.64. The molecule has 0 aliphatic carbocycles. The zero-order valence-corrected chi connectivity index (χ0v) is 20.9. The van der Waals surface area contributed by atoms with Crippen molar-refractivity contribution in [3.05, 3.63) is 128 Å². The van der Waals surface area contributed by atoms with Crippen molar-refractivity contribution >= 4 is 43.6 Å². The highest BCUT2D eigenvalue weighted by atomic mass is 16.3. The first-order chi connectivity index (χ1) is 19.3. The van der Waals surface area contributed by atoms with Crippen LogP contribution < -0.4 is 0 Å². The van der Waals surface area contributed by atoms with Crippen LogP contribution in [0.4, 0.5) is 0 Å². The molecule has 4 heteroatoms. The van der Waals surface area contributed by atoms with Gasteiger partial charge < -0.3 is 4.42 Å². The third-order valence-electron chi connectivity index (χ3n) is 7.36. The van der Waals surface area contributed by atoms with Gasteiger partial charge in [-0.15, -0.1) is 0 Å². The quantitative estimate of drug-likeness (QED) is 0.228. The Hall–Kier alpha value is -5.35. The summed E-state index contributed by atoms with van der Waals surface area (Å²) in [6.45, 7) is 0. The minimum atomic E-state index is 0.832. The molecule has 0 saturated carbocycles. The average Bonchev–Trinajstić information content (AvgIpc) is 3.41. The van der Waals surface area contributed by atoms with E-state index in [1.807, 2.05) is 54.7 Å². The number of hydrogen-bond donors (Lipinski definition) is 0. The molecule has 0 bridgehead atoms. The molecule has 0 fully saturated rings. The molecule has 4 aromatic heterocycles. The summed E-state index contributed by atoms with van der Waals surface area (Å²) in [4.78, 5) is 14.4. The number of para-hydroxylation sites is 2. The lowest BCUT2D eigenvalue weighted by Gasteiger charge is -2.14. The van der Waals surface area contributed by atoms with Crippen LogP contribution in [0.3, 0.4) is 0 Å². The second-order valence-electron chi connectivity index (χ2n) is 9.64. The SMILES string of the molecule is c1ccc(-c2nc3ccccc3c3c2cc(-c2ccc(-c4ccccn4)nc2)c2oc4ccccc4c23)cc1. The normalized spacial score (nSPS) is 11.6. The fourth-order valence-corrected chi connectivity index (χ4v) is 5.58. The molecule has 182 valence electrons. The van der Waals surface area contributed by atoms with Gasteiger partial charge in [0.05, 0.1) is 22.6 Å². The van der Waals surface area contributed by atoms with Gasteiger partial charge in [-0.3, -0.25) is 9.97 Å². The van der Waals surface area contributed by atoms with E-state index in [-0.39, 0.29) is 0 Å². The molecule has 0 aliphatic heterocycles. The van der Waals surface area contributed by atoms with Crippen molar-refractivity contribution in [2.45, 2.75) is 0 Å². The molecule has 0 N–H and O–H groups in total. The van der Waals surface area contributed by atoms with E-state index in [2.05, 4.69) is 71.7 Å². The van der Waals surface area contributed by atoms with Gasteiger partial charge in [0.15, 0.2) is 0 Å². The molecule has 8 rings (SSSR count). The average molecular weight is 500 g/mol. The standard InChI is InChI=1S/C35H21N3O/c1-2-10-22(11-3-1)34-27-20-26(23-17-18-30(37-21-23)29-15-8-9-19-36-29)35-33(25-13-5-7-16-31(25)39-35)32(27)24-12-4-6-14-28(24)38-34/h1-21H. The highest BCUT2D eigenvalue weighted by Crippen LogP contribution is 2.45. The lowest BCUT2D eigenvalue weighted by atomic mass is 9.92. The van der Waals surface area contributed by atoms with E-state index in [1.54, 1.807) is 6.20 Å². The van der Waals surface area contributed by atoms with E-state index in [4.69, 9.17) is 14.4 Å². The first-order valence-electron chi connectivity index (χ1n) is 12.9. The third kappa shape index (κ3) is 3.42. The van der Waals surface area contributed by atoms with Crippen LogP contribution in [-0.4, -0.2) is 15.0 Å². The van der Waals surface area contributed by atoms with Crippen LogP contribution >= 0.6 is 0 Å². The van der Waals surface area contributed by atoms with Crippen LogP contribution in [0.25, 0.3) is 77.4 Å². The minimum Gasteiger partial charge on any atom is -0.455 e. The maximum atomic E-state index is 6.59. The number of pyridine rings is 3. The number of aromatic nitrogens is 3. The number of nitrogens with zero attached hydrogens (tertiary/aromatic N) is 3. The van der Waals surface area contributed by atoms with Crippen molar-refractivity contribution in [1.29, 1.82) is 0 Å². The molecule has 4 nitrogen and oxygen atoms in total. The third-order valence-corrected chi connectivity index (χ3v) is 7.36. The summed E-state index contributed by atoms with van der Waals surface area (Å²) in [7, 11) is 0. The first-order valence-corrected chi connectivity index (χ1v) is 12.9.